The molecule has 0 radical (unpaired) electrons. The molecule has 286 valence electrons. The van der Waals surface area contributed by atoms with Crippen molar-refractivity contribution in [2.75, 3.05) is 13.2 Å². The summed E-state index contributed by atoms with van der Waals surface area (Å²) in [6.45, 7) is 5.38. The summed E-state index contributed by atoms with van der Waals surface area (Å²) in [5.74, 6) is -1.56. The fourth-order valence-corrected chi connectivity index (χ4v) is 5.59. The predicted molar refractivity (Wildman–Crippen MR) is 202 cm³/mol. The summed E-state index contributed by atoms with van der Waals surface area (Å²) >= 11 is 0. The number of aliphatic hydroxyl groups excluding tert-OH is 1. The van der Waals surface area contributed by atoms with E-state index in [9.17, 15) is 19.5 Å². The van der Waals surface area contributed by atoms with Crippen LogP contribution in [0, 0.1) is 0 Å². The molecule has 0 spiro atoms. The Balaban J connectivity index is 4.04. The van der Waals surface area contributed by atoms with Crippen molar-refractivity contribution >= 4 is 17.9 Å². The first-order valence-corrected chi connectivity index (χ1v) is 20.4. The molecule has 0 saturated heterocycles. The van der Waals surface area contributed by atoms with Crippen molar-refractivity contribution < 1.29 is 33.7 Å². The van der Waals surface area contributed by atoms with E-state index in [4.69, 9.17) is 14.2 Å². The van der Waals surface area contributed by atoms with Gasteiger partial charge in [0.1, 0.15) is 19.3 Å². The number of hydrogen-bond acceptors (Lipinski definition) is 7. The normalized spacial score (nSPS) is 12.8. The van der Waals surface area contributed by atoms with Crippen molar-refractivity contribution in [2.45, 2.75) is 213 Å². The third-order valence-electron chi connectivity index (χ3n) is 8.77. The summed E-state index contributed by atoms with van der Waals surface area (Å²) in [4.78, 5) is 36.5. The van der Waals surface area contributed by atoms with Gasteiger partial charge in [-0.3, -0.25) is 9.59 Å². The van der Waals surface area contributed by atoms with Crippen molar-refractivity contribution in [1.82, 2.24) is 0 Å². The quantitative estimate of drug-likeness (QED) is 0.0302. The third kappa shape index (κ3) is 35.5. The zero-order chi connectivity index (χ0) is 36.0. The molecule has 0 amide bonds. The SMILES string of the molecule is CCCCCCCC/C=C\CCCCCCCC(=O)OCC(COC(=O)C(C)O)OC(=O)CCCCCCC/C=C\CCCCCCCC. The molecule has 0 heterocycles. The van der Waals surface area contributed by atoms with Gasteiger partial charge in [0.15, 0.2) is 6.10 Å². The average molecular weight is 693 g/mol. The fourth-order valence-electron chi connectivity index (χ4n) is 5.59. The smallest absolute Gasteiger partial charge is 0.334 e. The maximum Gasteiger partial charge on any atom is 0.334 e. The second-order valence-electron chi connectivity index (χ2n) is 13.8. The van der Waals surface area contributed by atoms with E-state index in [2.05, 4.69) is 38.2 Å². The lowest BCUT2D eigenvalue weighted by molar-refractivity contribution is -0.169. The Hall–Kier alpha value is -2.15. The van der Waals surface area contributed by atoms with Crippen molar-refractivity contribution in [2.24, 2.45) is 0 Å². The monoisotopic (exact) mass is 693 g/mol. The molecule has 7 heteroatoms. The van der Waals surface area contributed by atoms with Gasteiger partial charge >= 0.3 is 17.9 Å². The first-order chi connectivity index (χ1) is 23.9. The van der Waals surface area contributed by atoms with Gasteiger partial charge in [-0.25, -0.2) is 4.79 Å². The number of allylic oxidation sites excluding steroid dienone is 4. The molecule has 49 heavy (non-hydrogen) atoms. The van der Waals surface area contributed by atoms with Gasteiger partial charge in [0, 0.05) is 12.8 Å². The fraction of sp³-hybridized carbons (Fsp3) is 0.833. The largest absolute Gasteiger partial charge is 0.462 e. The lowest BCUT2D eigenvalue weighted by atomic mass is 10.1. The number of hydrogen-bond donors (Lipinski definition) is 1. The summed E-state index contributed by atoms with van der Waals surface area (Å²) in [5.41, 5.74) is 0. The number of carbonyl (C=O) groups is 3. The van der Waals surface area contributed by atoms with Gasteiger partial charge in [0.2, 0.25) is 0 Å². The average Bonchev–Trinajstić information content (AvgIpc) is 3.09. The van der Waals surface area contributed by atoms with Gasteiger partial charge < -0.3 is 19.3 Å². The van der Waals surface area contributed by atoms with Crippen LogP contribution >= 0.6 is 0 Å². The van der Waals surface area contributed by atoms with Crippen LogP contribution in [0.1, 0.15) is 201 Å². The van der Waals surface area contributed by atoms with E-state index in [0.717, 1.165) is 70.6 Å². The van der Waals surface area contributed by atoms with Crippen molar-refractivity contribution in [3.63, 3.8) is 0 Å². The Bertz CT molecular complexity index is 820. The molecule has 1 N–H and O–H groups in total. The van der Waals surface area contributed by atoms with Gasteiger partial charge in [-0.2, -0.15) is 0 Å². The van der Waals surface area contributed by atoms with E-state index in [1.165, 1.54) is 103 Å². The molecular weight excluding hydrogens is 616 g/mol. The number of unbranched alkanes of at least 4 members (excludes halogenated alkanes) is 22. The minimum Gasteiger partial charge on any atom is -0.462 e. The second-order valence-corrected chi connectivity index (χ2v) is 13.8. The molecule has 0 bridgehead atoms. The molecule has 0 aromatic heterocycles. The highest BCUT2D eigenvalue weighted by atomic mass is 16.6. The summed E-state index contributed by atoms with van der Waals surface area (Å²) < 4.78 is 15.9. The molecule has 0 fully saturated rings. The molecule has 0 aromatic carbocycles. The standard InChI is InChI=1S/C42H76O7/c1-4-6-8-10-12-14-16-18-20-22-24-26-28-30-32-34-40(44)47-36-39(37-48-42(46)38(3)43)49-41(45)35-33-31-29-27-25-23-21-19-17-15-13-11-9-7-5-2/h18-21,38-39,43H,4-17,22-37H2,1-3H3/b20-18-,21-19-. The predicted octanol–water partition coefficient (Wildman–Crippen LogP) is 11.4. The molecule has 0 aromatic rings. The van der Waals surface area contributed by atoms with Gasteiger partial charge in [0.05, 0.1) is 0 Å². The van der Waals surface area contributed by atoms with Gasteiger partial charge in [-0.1, -0.05) is 141 Å². The zero-order valence-corrected chi connectivity index (χ0v) is 32.1. The van der Waals surface area contributed by atoms with Gasteiger partial charge in [-0.15, -0.1) is 0 Å². The summed E-state index contributed by atoms with van der Waals surface area (Å²) in [5, 5.41) is 9.42. The topological polar surface area (TPSA) is 99.1 Å². The maximum absolute atomic E-state index is 12.5. The molecule has 7 nitrogen and oxygen atoms in total. The summed E-state index contributed by atoms with van der Waals surface area (Å²) in [6.07, 6.45) is 38.5. The Morgan fingerprint density at radius 2 is 0.837 bits per heavy atom. The lowest BCUT2D eigenvalue weighted by Gasteiger charge is -2.18. The van der Waals surface area contributed by atoms with Crippen LogP contribution in [-0.2, 0) is 28.6 Å². The minimum atomic E-state index is -1.28. The van der Waals surface area contributed by atoms with Crippen LogP contribution in [-0.4, -0.2) is 48.4 Å². The maximum atomic E-state index is 12.5. The molecule has 0 aliphatic carbocycles. The molecular formula is C42H76O7. The summed E-state index contributed by atoms with van der Waals surface area (Å²) in [6, 6.07) is 0. The highest BCUT2D eigenvalue weighted by Crippen LogP contribution is 2.13. The van der Waals surface area contributed by atoms with Crippen molar-refractivity contribution in [3.8, 4) is 0 Å². The van der Waals surface area contributed by atoms with E-state index in [1.807, 2.05) is 0 Å². The van der Waals surface area contributed by atoms with Crippen LogP contribution in [0.15, 0.2) is 24.3 Å². The number of aliphatic hydroxyl groups is 1. The second kappa shape index (κ2) is 37.1. The van der Waals surface area contributed by atoms with Crippen molar-refractivity contribution in [3.05, 3.63) is 24.3 Å². The van der Waals surface area contributed by atoms with Crippen LogP contribution in [0.4, 0.5) is 0 Å². The van der Waals surface area contributed by atoms with Gasteiger partial charge in [-0.05, 0) is 71.1 Å². The van der Waals surface area contributed by atoms with Crippen LogP contribution in [0.3, 0.4) is 0 Å². The Kier molecular flexibility index (Phi) is 35.5. The van der Waals surface area contributed by atoms with Gasteiger partial charge in [0.25, 0.3) is 0 Å². The number of carbonyl (C=O) groups excluding carboxylic acids is 3. The first kappa shape index (κ1) is 46.9. The van der Waals surface area contributed by atoms with E-state index in [1.54, 1.807) is 0 Å². The van der Waals surface area contributed by atoms with Crippen LogP contribution in [0.25, 0.3) is 0 Å². The number of esters is 3. The molecule has 0 aliphatic rings. The highest BCUT2D eigenvalue weighted by molar-refractivity contribution is 5.74. The minimum absolute atomic E-state index is 0.172. The van der Waals surface area contributed by atoms with E-state index >= 15 is 0 Å². The Morgan fingerprint density at radius 3 is 1.24 bits per heavy atom. The molecule has 0 aliphatic heterocycles. The van der Waals surface area contributed by atoms with Crippen molar-refractivity contribution in [1.29, 1.82) is 0 Å². The number of ether oxygens (including phenoxy) is 3. The van der Waals surface area contributed by atoms with Crippen LogP contribution in [0.2, 0.25) is 0 Å². The molecule has 2 unspecified atom stereocenters. The van der Waals surface area contributed by atoms with Crippen LogP contribution in [0.5, 0.6) is 0 Å². The molecule has 0 rings (SSSR count). The Morgan fingerprint density at radius 1 is 0.490 bits per heavy atom. The van der Waals surface area contributed by atoms with E-state index < -0.39 is 24.1 Å². The number of rotatable bonds is 36. The van der Waals surface area contributed by atoms with Crippen LogP contribution < -0.4 is 0 Å². The first-order valence-electron chi connectivity index (χ1n) is 20.4. The third-order valence-corrected chi connectivity index (χ3v) is 8.77. The highest BCUT2D eigenvalue weighted by Gasteiger charge is 2.20. The molecule has 2 atom stereocenters. The van der Waals surface area contributed by atoms with E-state index in [-0.39, 0.29) is 25.6 Å². The Labute approximate surface area is 301 Å². The molecule has 0 saturated carbocycles. The summed E-state index contributed by atoms with van der Waals surface area (Å²) in [7, 11) is 0. The van der Waals surface area contributed by atoms with E-state index in [0.29, 0.717) is 6.42 Å². The lowest BCUT2D eigenvalue weighted by Crippen LogP contribution is -2.32. The zero-order valence-electron chi connectivity index (χ0n) is 32.1.